The van der Waals surface area contributed by atoms with Crippen molar-refractivity contribution in [2.45, 2.75) is 50.2 Å². The molecule has 2 aromatic carbocycles. The van der Waals surface area contributed by atoms with Crippen molar-refractivity contribution in [2.24, 2.45) is 5.92 Å². The highest BCUT2D eigenvalue weighted by atomic mass is 32.2. The molecule has 41 heavy (non-hydrogen) atoms. The standard InChI is InChI=1S/C29H38N4O7S/c1-5-6-12-29(36)33(31-28(35)17-30-4)24(15-22-10-8-7-9-11-22)25(34)19-32(18-21(2)3)41(37,38)23-13-14-26-27(16-23)40-20-39-26/h1,7-11,13-14,16,21,24-25,30,34H,6,12,15,17-20H2,2-4H3,(H,31,35)/t24?,25-/m1/s1. The molecule has 0 bridgehead atoms. The molecule has 0 saturated heterocycles. The molecule has 11 nitrogen and oxygen atoms in total. The van der Waals surface area contributed by atoms with E-state index in [9.17, 15) is 23.1 Å². The number of aliphatic hydroxyl groups is 1. The number of fused-ring (bicyclic) bond motifs is 1. The minimum absolute atomic E-state index is 0.00274. The van der Waals surface area contributed by atoms with Gasteiger partial charge in [0.2, 0.25) is 22.7 Å². The van der Waals surface area contributed by atoms with Crippen LogP contribution < -0.4 is 20.2 Å². The summed E-state index contributed by atoms with van der Waals surface area (Å²) in [6.07, 6.45) is 4.19. The van der Waals surface area contributed by atoms with E-state index in [1.807, 2.05) is 44.2 Å². The average molecular weight is 587 g/mol. The van der Waals surface area contributed by atoms with Crippen molar-refractivity contribution in [1.29, 1.82) is 0 Å². The molecule has 1 unspecified atom stereocenters. The molecule has 0 fully saturated rings. The van der Waals surface area contributed by atoms with Gasteiger partial charge in [0.1, 0.15) is 0 Å². The Balaban J connectivity index is 1.98. The zero-order valence-corrected chi connectivity index (χ0v) is 24.4. The Hall–Kier alpha value is -3.63. The molecule has 12 heteroatoms. The first-order valence-corrected chi connectivity index (χ1v) is 14.8. The lowest BCUT2D eigenvalue weighted by Gasteiger charge is -2.37. The minimum Gasteiger partial charge on any atom is -0.454 e. The van der Waals surface area contributed by atoms with Gasteiger partial charge in [-0.25, -0.2) is 13.4 Å². The van der Waals surface area contributed by atoms with Gasteiger partial charge in [-0.3, -0.25) is 15.0 Å². The number of hydrazine groups is 1. The minimum atomic E-state index is -4.10. The molecular formula is C29H38N4O7S. The monoisotopic (exact) mass is 586 g/mol. The van der Waals surface area contributed by atoms with E-state index in [1.165, 1.54) is 22.5 Å². The fourth-order valence-corrected chi connectivity index (χ4v) is 6.05. The third-order valence-electron chi connectivity index (χ3n) is 6.34. The molecule has 1 aliphatic heterocycles. The predicted octanol–water partition coefficient (Wildman–Crippen LogP) is 1.53. The van der Waals surface area contributed by atoms with E-state index in [4.69, 9.17) is 15.9 Å². The lowest BCUT2D eigenvalue weighted by atomic mass is 9.99. The van der Waals surface area contributed by atoms with Gasteiger partial charge in [-0.05, 0) is 37.1 Å². The molecule has 3 N–H and O–H groups in total. The summed E-state index contributed by atoms with van der Waals surface area (Å²) in [6.45, 7) is 3.41. The number of benzene rings is 2. The van der Waals surface area contributed by atoms with Gasteiger partial charge >= 0.3 is 0 Å². The third-order valence-corrected chi connectivity index (χ3v) is 8.17. The number of ether oxygens (including phenoxy) is 2. The SMILES string of the molecule is C#CCCC(=O)N(NC(=O)CNC)C(Cc1ccccc1)[C@H](O)CN(CC(C)C)S(=O)(=O)c1ccc2c(c1)OCO2. The van der Waals surface area contributed by atoms with Crippen LogP contribution in [0.15, 0.2) is 53.4 Å². The van der Waals surface area contributed by atoms with Gasteiger partial charge < -0.3 is 19.9 Å². The molecule has 1 heterocycles. The molecule has 2 amide bonds. The number of amides is 2. The zero-order chi connectivity index (χ0) is 30.0. The van der Waals surface area contributed by atoms with Crippen molar-refractivity contribution in [3.8, 4) is 23.8 Å². The van der Waals surface area contributed by atoms with Crippen LogP contribution in [0.1, 0.15) is 32.3 Å². The Morgan fingerprint density at radius 2 is 1.80 bits per heavy atom. The molecule has 1 aliphatic rings. The molecule has 0 spiro atoms. The molecule has 2 aromatic rings. The number of sulfonamides is 1. The third kappa shape index (κ3) is 8.68. The van der Waals surface area contributed by atoms with Gasteiger partial charge in [-0.1, -0.05) is 44.2 Å². The Kier molecular flexibility index (Phi) is 11.5. The van der Waals surface area contributed by atoms with Gasteiger partial charge in [0, 0.05) is 32.0 Å². The number of rotatable bonds is 14. The van der Waals surface area contributed by atoms with E-state index in [0.29, 0.717) is 11.5 Å². The summed E-state index contributed by atoms with van der Waals surface area (Å²) < 4.78 is 39.5. The van der Waals surface area contributed by atoms with Crippen LogP contribution in [0.4, 0.5) is 0 Å². The molecule has 3 rings (SSSR count). The largest absolute Gasteiger partial charge is 0.454 e. The summed E-state index contributed by atoms with van der Waals surface area (Å²) in [5.74, 6) is 2.10. The maximum atomic E-state index is 13.8. The maximum Gasteiger partial charge on any atom is 0.252 e. The molecule has 0 aliphatic carbocycles. The Morgan fingerprint density at radius 3 is 2.46 bits per heavy atom. The van der Waals surface area contributed by atoms with Crippen LogP contribution in [-0.4, -0.2) is 80.3 Å². The Labute approximate surface area is 241 Å². The second-order valence-electron chi connectivity index (χ2n) is 10.1. The molecule has 0 aromatic heterocycles. The number of aliphatic hydroxyl groups excluding tert-OH is 1. The van der Waals surface area contributed by atoms with Crippen molar-refractivity contribution >= 4 is 21.8 Å². The first-order chi connectivity index (χ1) is 19.6. The average Bonchev–Trinajstić information content (AvgIpc) is 3.42. The van der Waals surface area contributed by atoms with Crippen LogP contribution >= 0.6 is 0 Å². The normalized spacial score (nSPS) is 14.0. The van der Waals surface area contributed by atoms with Gasteiger partial charge in [0.15, 0.2) is 11.5 Å². The number of hydrogen-bond donors (Lipinski definition) is 3. The topological polar surface area (TPSA) is 138 Å². The fraction of sp³-hybridized carbons (Fsp3) is 0.448. The van der Waals surface area contributed by atoms with Gasteiger partial charge in [-0.15, -0.1) is 12.3 Å². The van der Waals surface area contributed by atoms with Gasteiger partial charge in [0.25, 0.3) is 5.91 Å². The van der Waals surface area contributed by atoms with E-state index in [-0.39, 0.29) is 56.5 Å². The maximum absolute atomic E-state index is 13.8. The van der Waals surface area contributed by atoms with E-state index in [1.54, 1.807) is 7.05 Å². The summed E-state index contributed by atoms with van der Waals surface area (Å²) in [5, 5.41) is 15.5. The summed E-state index contributed by atoms with van der Waals surface area (Å²) >= 11 is 0. The van der Waals surface area contributed by atoms with Crippen molar-refractivity contribution in [3.05, 3.63) is 54.1 Å². The van der Waals surface area contributed by atoms with E-state index < -0.39 is 34.0 Å². The number of nitrogens with one attached hydrogen (secondary N) is 2. The molecular weight excluding hydrogens is 548 g/mol. The number of terminal acetylenes is 1. The first-order valence-electron chi connectivity index (χ1n) is 13.4. The highest BCUT2D eigenvalue weighted by Gasteiger charge is 2.36. The van der Waals surface area contributed by atoms with Crippen LogP contribution in [0.5, 0.6) is 11.5 Å². The number of nitrogens with zero attached hydrogens (tertiary/aromatic N) is 2. The molecule has 2 atom stereocenters. The number of carbonyl (C=O) groups excluding carboxylic acids is 2. The lowest BCUT2D eigenvalue weighted by Crippen LogP contribution is -2.60. The second-order valence-corrected chi connectivity index (χ2v) is 12.0. The fourth-order valence-electron chi connectivity index (χ4n) is 4.41. The number of hydrogen-bond acceptors (Lipinski definition) is 8. The van der Waals surface area contributed by atoms with Crippen LogP contribution in [0.3, 0.4) is 0 Å². The first kappa shape index (κ1) is 31.9. The smallest absolute Gasteiger partial charge is 0.252 e. The summed E-state index contributed by atoms with van der Waals surface area (Å²) in [4.78, 5) is 25.9. The van der Waals surface area contributed by atoms with Crippen molar-refractivity contribution in [2.75, 3.05) is 33.5 Å². The van der Waals surface area contributed by atoms with Crippen LogP contribution in [-0.2, 0) is 26.0 Å². The number of likely N-dealkylation sites (N-methyl/N-ethyl adjacent to an activating group) is 1. The summed E-state index contributed by atoms with van der Waals surface area (Å²) in [6, 6.07) is 12.5. The highest BCUT2D eigenvalue weighted by Crippen LogP contribution is 2.35. The van der Waals surface area contributed by atoms with Gasteiger partial charge in [0.05, 0.1) is 23.6 Å². The van der Waals surface area contributed by atoms with Crippen molar-refractivity contribution in [3.63, 3.8) is 0 Å². The van der Waals surface area contributed by atoms with E-state index >= 15 is 0 Å². The van der Waals surface area contributed by atoms with Crippen molar-refractivity contribution < 1.29 is 32.6 Å². The molecule has 222 valence electrons. The van der Waals surface area contributed by atoms with E-state index in [0.717, 1.165) is 10.6 Å². The van der Waals surface area contributed by atoms with Crippen molar-refractivity contribution in [1.82, 2.24) is 20.1 Å². The summed E-state index contributed by atoms with van der Waals surface area (Å²) in [5.41, 5.74) is 3.38. The Morgan fingerprint density at radius 1 is 1.10 bits per heavy atom. The molecule has 0 radical (unpaired) electrons. The van der Waals surface area contributed by atoms with Gasteiger partial charge in [-0.2, -0.15) is 4.31 Å². The lowest BCUT2D eigenvalue weighted by molar-refractivity contribution is -0.147. The highest BCUT2D eigenvalue weighted by molar-refractivity contribution is 7.89. The molecule has 0 saturated carbocycles. The second kappa shape index (κ2) is 14.8. The predicted molar refractivity (Wildman–Crippen MR) is 153 cm³/mol. The summed E-state index contributed by atoms with van der Waals surface area (Å²) in [7, 11) is -2.51. The number of carbonyl (C=O) groups is 2. The quantitative estimate of drug-likeness (QED) is 0.224. The van der Waals surface area contributed by atoms with Crippen LogP contribution in [0.25, 0.3) is 0 Å². The van der Waals surface area contributed by atoms with Crippen LogP contribution in [0, 0.1) is 18.3 Å². The van der Waals surface area contributed by atoms with E-state index in [2.05, 4.69) is 16.7 Å². The van der Waals surface area contributed by atoms with Crippen LogP contribution in [0.2, 0.25) is 0 Å². The zero-order valence-electron chi connectivity index (χ0n) is 23.6. The Bertz CT molecular complexity index is 1330.